The molecule has 0 fully saturated rings. The average Bonchev–Trinajstić information content (AvgIpc) is 2.71. The first-order valence-electron chi connectivity index (χ1n) is 4.19. The quantitative estimate of drug-likeness (QED) is 0.750. The molecule has 2 aromatic rings. The van der Waals surface area contributed by atoms with Crippen LogP contribution in [0.4, 0.5) is 0 Å². The lowest BCUT2D eigenvalue weighted by atomic mass is 10.3. The zero-order valence-electron chi connectivity index (χ0n) is 8.16. The van der Waals surface area contributed by atoms with Crippen molar-refractivity contribution in [3.8, 4) is 11.5 Å². The summed E-state index contributed by atoms with van der Waals surface area (Å²) in [6.07, 6.45) is 1.62. The van der Waals surface area contributed by atoms with Gasteiger partial charge in [0.15, 0.2) is 11.5 Å². The fourth-order valence-electron chi connectivity index (χ4n) is 1.14. The largest absolute Gasteiger partial charge is 0.354 e. The highest BCUT2D eigenvalue weighted by Crippen LogP contribution is 2.18. The van der Waals surface area contributed by atoms with Crippen LogP contribution in [0, 0.1) is 0 Å². The normalized spacial score (nSPS) is 11.9. The van der Waals surface area contributed by atoms with E-state index in [9.17, 15) is 8.42 Å². The molecule has 0 aliphatic rings. The molecular formula is C7H7ClN4O3S. The van der Waals surface area contributed by atoms with Crippen LogP contribution in [0.15, 0.2) is 16.8 Å². The lowest BCUT2D eigenvalue weighted by Crippen LogP contribution is -1.94. The molecule has 2 heterocycles. The Kier molecular flexibility index (Phi) is 2.68. The molecule has 0 spiro atoms. The van der Waals surface area contributed by atoms with Crippen LogP contribution >= 0.6 is 10.7 Å². The summed E-state index contributed by atoms with van der Waals surface area (Å²) < 4.78 is 28.0. The molecule has 16 heavy (non-hydrogen) atoms. The van der Waals surface area contributed by atoms with Crippen molar-refractivity contribution in [2.24, 2.45) is 7.05 Å². The maximum absolute atomic E-state index is 10.8. The van der Waals surface area contributed by atoms with Crippen LogP contribution in [0.5, 0.6) is 0 Å². The highest BCUT2D eigenvalue weighted by atomic mass is 35.7. The summed E-state index contributed by atoms with van der Waals surface area (Å²) in [6.45, 7) is 0. The molecule has 0 N–H and O–H groups in total. The lowest BCUT2D eigenvalue weighted by Gasteiger charge is -1.86. The standard InChI is InChI=1S/C7H7ClN4O3S/c1-12-3-6(9-11-12)7-2-5(10-15-7)4-16(8,13)14/h2-3H,4H2,1H3. The van der Waals surface area contributed by atoms with Gasteiger partial charge < -0.3 is 4.52 Å². The third kappa shape index (κ3) is 2.58. The number of hydrogen-bond donors (Lipinski definition) is 0. The van der Waals surface area contributed by atoms with Crippen molar-refractivity contribution in [2.75, 3.05) is 0 Å². The van der Waals surface area contributed by atoms with E-state index >= 15 is 0 Å². The van der Waals surface area contributed by atoms with Gasteiger partial charge in [0.1, 0.15) is 11.4 Å². The maximum atomic E-state index is 10.8. The Hall–Kier alpha value is -1.41. The van der Waals surface area contributed by atoms with Crippen molar-refractivity contribution in [1.82, 2.24) is 20.2 Å². The summed E-state index contributed by atoms with van der Waals surface area (Å²) in [5.74, 6) is -0.0263. The van der Waals surface area contributed by atoms with Crippen LogP contribution in [-0.4, -0.2) is 28.6 Å². The molecule has 86 valence electrons. The first-order valence-corrected chi connectivity index (χ1v) is 6.66. The molecule has 7 nitrogen and oxygen atoms in total. The van der Waals surface area contributed by atoms with Gasteiger partial charge in [-0.25, -0.2) is 8.42 Å². The molecule has 0 aromatic carbocycles. The monoisotopic (exact) mass is 262 g/mol. The predicted octanol–water partition coefficient (Wildman–Crippen LogP) is 0.539. The molecule has 0 saturated heterocycles. The molecule has 2 rings (SSSR count). The van der Waals surface area contributed by atoms with Crippen molar-refractivity contribution in [1.29, 1.82) is 0 Å². The average molecular weight is 263 g/mol. The second-order valence-corrected chi connectivity index (χ2v) is 5.92. The fraction of sp³-hybridized carbons (Fsp3) is 0.286. The van der Waals surface area contributed by atoms with E-state index in [0.717, 1.165) is 0 Å². The summed E-state index contributed by atoms with van der Waals surface area (Å²) in [4.78, 5) is 0. The molecule has 0 radical (unpaired) electrons. The smallest absolute Gasteiger partial charge is 0.238 e. The number of aryl methyl sites for hydroxylation is 1. The Labute approximate surface area is 95.4 Å². The second kappa shape index (κ2) is 3.87. The lowest BCUT2D eigenvalue weighted by molar-refractivity contribution is 0.424. The predicted molar refractivity (Wildman–Crippen MR) is 55.0 cm³/mol. The van der Waals surface area contributed by atoms with Crippen LogP contribution in [0.1, 0.15) is 5.69 Å². The first-order chi connectivity index (χ1) is 7.44. The summed E-state index contributed by atoms with van der Waals surface area (Å²) in [7, 11) is 3.16. The number of aromatic nitrogens is 4. The third-order valence-corrected chi connectivity index (χ3v) is 2.70. The van der Waals surface area contributed by atoms with Crippen molar-refractivity contribution in [2.45, 2.75) is 5.75 Å². The van der Waals surface area contributed by atoms with Gasteiger partial charge in [0.05, 0.1) is 6.20 Å². The highest BCUT2D eigenvalue weighted by Gasteiger charge is 2.14. The first kappa shape index (κ1) is 11.1. The molecule has 0 aliphatic heterocycles. The number of nitrogens with zero attached hydrogens (tertiary/aromatic N) is 4. The minimum Gasteiger partial charge on any atom is -0.354 e. The summed E-state index contributed by atoms with van der Waals surface area (Å²) in [6, 6.07) is 1.46. The molecule has 0 aliphatic carbocycles. The molecule has 0 amide bonds. The molecule has 9 heteroatoms. The van der Waals surface area contributed by atoms with E-state index in [1.165, 1.54) is 10.7 Å². The minimum absolute atomic E-state index is 0.232. The molecule has 0 saturated carbocycles. The zero-order chi connectivity index (χ0) is 11.8. The van der Waals surface area contributed by atoms with E-state index in [2.05, 4.69) is 15.5 Å². The van der Waals surface area contributed by atoms with Crippen LogP contribution in [0.2, 0.25) is 0 Å². The van der Waals surface area contributed by atoms with Crippen molar-refractivity contribution in [3.63, 3.8) is 0 Å². The van der Waals surface area contributed by atoms with Crippen molar-refractivity contribution >= 4 is 19.7 Å². The molecule has 2 aromatic heterocycles. The minimum atomic E-state index is -3.63. The van der Waals surface area contributed by atoms with E-state index in [1.54, 1.807) is 13.2 Å². The van der Waals surface area contributed by atoms with E-state index in [1.807, 2.05) is 0 Å². The highest BCUT2D eigenvalue weighted by molar-refractivity contribution is 8.13. The molecular weight excluding hydrogens is 256 g/mol. The van der Waals surface area contributed by atoms with E-state index in [0.29, 0.717) is 11.5 Å². The van der Waals surface area contributed by atoms with Crippen LogP contribution in [-0.2, 0) is 21.9 Å². The number of hydrogen-bond acceptors (Lipinski definition) is 6. The second-order valence-electron chi connectivity index (χ2n) is 3.14. The topological polar surface area (TPSA) is 90.9 Å². The van der Waals surface area contributed by atoms with Crippen molar-refractivity contribution < 1.29 is 12.9 Å². The fourth-order valence-corrected chi connectivity index (χ4v) is 1.96. The van der Waals surface area contributed by atoms with Gasteiger partial charge in [-0.05, 0) is 0 Å². The van der Waals surface area contributed by atoms with Gasteiger partial charge in [-0.15, -0.1) is 5.10 Å². The Bertz CT molecular complexity index is 603. The van der Waals surface area contributed by atoms with Gasteiger partial charge in [0, 0.05) is 23.8 Å². The Morgan fingerprint density at radius 1 is 1.56 bits per heavy atom. The van der Waals surface area contributed by atoms with Gasteiger partial charge in [-0.3, -0.25) is 4.68 Å². The molecule has 0 atom stereocenters. The number of rotatable bonds is 3. The van der Waals surface area contributed by atoms with Crippen LogP contribution in [0.3, 0.4) is 0 Å². The zero-order valence-corrected chi connectivity index (χ0v) is 9.73. The molecule has 0 bridgehead atoms. The summed E-state index contributed by atoms with van der Waals surface area (Å²) in [5.41, 5.74) is 0.712. The Morgan fingerprint density at radius 3 is 2.88 bits per heavy atom. The van der Waals surface area contributed by atoms with Crippen LogP contribution in [0.25, 0.3) is 11.5 Å². The number of halogens is 1. The van der Waals surface area contributed by atoms with Gasteiger partial charge >= 0.3 is 0 Å². The Morgan fingerprint density at radius 2 is 2.31 bits per heavy atom. The molecule has 0 unspecified atom stereocenters. The third-order valence-electron chi connectivity index (χ3n) is 1.73. The Balaban J connectivity index is 2.26. The van der Waals surface area contributed by atoms with E-state index in [4.69, 9.17) is 15.2 Å². The SMILES string of the molecule is Cn1cc(-c2cc(CS(=O)(=O)Cl)no2)nn1. The maximum Gasteiger partial charge on any atom is 0.238 e. The van der Waals surface area contributed by atoms with Gasteiger partial charge in [-0.2, -0.15) is 0 Å². The van der Waals surface area contributed by atoms with Gasteiger partial charge in [-0.1, -0.05) is 10.4 Å². The van der Waals surface area contributed by atoms with Gasteiger partial charge in [0.25, 0.3) is 0 Å². The van der Waals surface area contributed by atoms with Gasteiger partial charge in [0.2, 0.25) is 9.05 Å². The van der Waals surface area contributed by atoms with Crippen molar-refractivity contribution in [3.05, 3.63) is 18.0 Å². The summed E-state index contributed by atoms with van der Waals surface area (Å²) in [5, 5.41) is 11.1. The van der Waals surface area contributed by atoms with Crippen LogP contribution < -0.4 is 0 Å². The van der Waals surface area contributed by atoms with E-state index in [-0.39, 0.29) is 11.4 Å². The summed E-state index contributed by atoms with van der Waals surface area (Å²) >= 11 is 0. The van der Waals surface area contributed by atoms with E-state index < -0.39 is 9.05 Å².